The van der Waals surface area contributed by atoms with Crippen molar-refractivity contribution in [1.29, 1.82) is 0 Å². The Kier molecular flexibility index (Phi) is 6.08. The van der Waals surface area contributed by atoms with E-state index in [9.17, 15) is 19.7 Å². The van der Waals surface area contributed by atoms with Gasteiger partial charge >= 0.3 is 0 Å². The minimum Gasteiger partial charge on any atom is -0.362 e. The number of nitro benzene ring substituents is 1. The molecule has 0 radical (unpaired) electrons. The molecule has 3 rings (SSSR count). The molecular weight excluding hydrogens is 390 g/mol. The molecule has 1 saturated heterocycles. The number of benzene rings is 1. The molecule has 1 aliphatic heterocycles. The number of halogens is 1. The summed E-state index contributed by atoms with van der Waals surface area (Å²) in [6, 6.07) is 9.95. The SMILES string of the molecule is O=C(CCC(=O)N1CCN(c2ccccc2[N+](=O)[O-])CC1)c1ccc(Cl)s1. The normalized spacial score (nSPS) is 14.3. The molecule has 0 aliphatic carbocycles. The van der Waals surface area contributed by atoms with Crippen molar-refractivity contribution in [3.05, 3.63) is 55.7 Å². The van der Waals surface area contributed by atoms with E-state index >= 15 is 0 Å². The molecule has 0 saturated carbocycles. The van der Waals surface area contributed by atoms with Crippen LogP contribution in [-0.4, -0.2) is 47.7 Å². The number of Topliss-reactive ketones (excluding diaryl/α,β-unsaturated/α-hetero) is 1. The number of piperazine rings is 1. The quantitative estimate of drug-likeness (QED) is 0.415. The van der Waals surface area contributed by atoms with Crippen LogP contribution >= 0.6 is 22.9 Å². The number of thiophene rings is 1. The maximum atomic E-state index is 12.4. The zero-order chi connectivity index (χ0) is 19.4. The third-order valence-electron chi connectivity index (χ3n) is 4.47. The summed E-state index contributed by atoms with van der Waals surface area (Å²) in [6.45, 7) is 1.99. The molecule has 2 heterocycles. The van der Waals surface area contributed by atoms with E-state index in [1.54, 1.807) is 35.2 Å². The van der Waals surface area contributed by atoms with E-state index < -0.39 is 4.92 Å². The van der Waals surface area contributed by atoms with Crippen molar-refractivity contribution < 1.29 is 14.5 Å². The third kappa shape index (κ3) is 4.64. The van der Waals surface area contributed by atoms with Gasteiger partial charge in [0.25, 0.3) is 5.69 Å². The van der Waals surface area contributed by atoms with Gasteiger partial charge in [-0.25, -0.2) is 0 Å². The first-order valence-corrected chi connectivity index (χ1v) is 9.70. The van der Waals surface area contributed by atoms with Gasteiger partial charge in [0.2, 0.25) is 5.91 Å². The Hall–Kier alpha value is -2.45. The molecule has 9 heteroatoms. The zero-order valence-electron chi connectivity index (χ0n) is 14.5. The number of anilines is 1. The number of carbonyl (C=O) groups is 2. The molecule has 1 amide bonds. The number of ketones is 1. The summed E-state index contributed by atoms with van der Waals surface area (Å²) in [5, 5.41) is 11.2. The number of hydrogen-bond donors (Lipinski definition) is 0. The van der Waals surface area contributed by atoms with E-state index in [0.29, 0.717) is 41.1 Å². The predicted molar refractivity (Wildman–Crippen MR) is 105 cm³/mol. The Labute approximate surface area is 165 Å². The molecule has 0 unspecified atom stereocenters. The van der Waals surface area contributed by atoms with Gasteiger partial charge in [-0.05, 0) is 18.2 Å². The maximum Gasteiger partial charge on any atom is 0.292 e. The summed E-state index contributed by atoms with van der Waals surface area (Å²) in [7, 11) is 0. The first-order valence-electron chi connectivity index (χ1n) is 8.50. The van der Waals surface area contributed by atoms with Crippen molar-refractivity contribution in [3.8, 4) is 0 Å². The molecular formula is C18H18ClN3O4S. The van der Waals surface area contributed by atoms with E-state index in [2.05, 4.69) is 0 Å². The first-order chi connectivity index (χ1) is 13.0. The molecule has 1 aliphatic rings. The molecule has 1 aromatic carbocycles. The van der Waals surface area contributed by atoms with Gasteiger partial charge in [-0.3, -0.25) is 19.7 Å². The molecule has 2 aromatic rings. The van der Waals surface area contributed by atoms with Gasteiger partial charge in [0.05, 0.1) is 14.1 Å². The number of rotatable bonds is 6. The monoisotopic (exact) mass is 407 g/mol. The number of nitro groups is 1. The zero-order valence-corrected chi connectivity index (χ0v) is 16.0. The Balaban J connectivity index is 1.52. The van der Waals surface area contributed by atoms with Crippen LogP contribution in [0.3, 0.4) is 0 Å². The summed E-state index contributed by atoms with van der Waals surface area (Å²) in [5.41, 5.74) is 0.636. The van der Waals surface area contributed by atoms with Crippen LogP contribution in [-0.2, 0) is 4.79 Å². The lowest BCUT2D eigenvalue weighted by molar-refractivity contribution is -0.384. The Morgan fingerprint density at radius 2 is 1.78 bits per heavy atom. The number of nitrogens with zero attached hydrogens (tertiary/aromatic N) is 3. The fraction of sp³-hybridized carbons (Fsp3) is 0.333. The summed E-state index contributed by atoms with van der Waals surface area (Å²) in [5.74, 6) is -0.160. The number of amides is 1. The molecule has 7 nitrogen and oxygen atoms in total. The molecule has 1 aromatic heterocycles. The Morgan fingerprint density at radius 3 is 2.41 bits per heavy atom. The highest BCUT2D eigenvalue weighted by molar-refractivity contribution is 7.18. The molecule has 1 fully saturated rings. The van der Waals surface area contributed by atoms with Crippen molar-refractivity contribution in [2.24, 2.45) is 0 Å². The molecule has 0 spiro atoms. The molecule has 0 atom stereocenters. The number of hydrogen-bond acceptors (Lipinski definition) is 6. The van der Waals surface area contributed by atoms with E-state index in [-0.39, 0.29) is 30.2 Å². The summed E-state index contributed by atoms with van der Waals surface area (Å²) in [6.07, 6.45) is 0.305. The fourth-order valence-corrected chi connectivity index (χ4v) is 4.06. The van der Waals surface area contributed by atoms with E-state index in [4.69, 9.17) is 11.6 Å². The first kappa shape index (κ1) is 19.3. The van der Waals surface area contributed by atoms with Crippen molar-refractivity contribution in [3.63, 3.8) is 0 Å². The van der Waals surface area contributed by atoms with Gasteiger partial charge in [-0.2, -0.15) is 0 Å². The van der Waals surface area contributed by atoms with E-state index in [0.717, 1.165) is 0 Å². The van der Waals surface area contributed by atoms with Crippen LogP contribution < -0.4 is 4.90 Å². The second-order valence-electron chi connectivity index (χ2n) is 6.14. The smallest absolute Gasteiger partial charge is 0.292 e. The van der Waals surface area contributed by atoms with Crippen LogP contribution in [0.15, 0.2) is 36.4 Å². The van der Waals surface area contributed by atoms with E-state index in [1.165, 1.54) is 17.4 Å². The summed E-state index contributed by atoms with van der Waals surface area (Å²) >= 11 is 7.04. The van der Waals surface area contributed by atoms with Gasteiger partial charge in [0.15, 0.2) is 5.78 Å². The van der Waals surface area contributed by atoms with Gasteiger partial charge in [0, 0.05) is 45.1 Å². The Bertz CT molecular complexity index is 862. The highest BCUT2D eigenvalue weighted by Crippen LogP contribution is 2.28. The van der Waals surface area contributed by atoms with Crippen LogP contribution in [0.4, 0.5) is 11.4 Å². The fourth-order valence-electron chi connectivity index (χ4n) is 3.05. The van der Waals surface area contributed by atoms with Gasteiger partial charge in [0.1, 0.15) is 5.69 Å². The summed E-state index contributed by atoms with van der Waals surface area (Å²) < 4.78 is 0.552. The summed E-state index contributed by atoms with van der Waals surface area (Å²) in [4.78, 5) is 39.4. The maximum absolute atomic E-state index is 12.4. The highest BCUT2D eigenvalue weighted by Gasteiger charge is 2.25. The number of carbonyl (C=O) groups excluding carboxylic acids is 2. The standard InChI is InChI=1S/C18H18ClN3O4S/c19-17-7-6-16(27-17)15(23)5-8-18(24)21-11-9-20(10-12-21)13-3-1-2-4-14(13)22(25)26/h1-4,6-7H,5,8-12H2. The Morgan fingerprint density at radius 1 is 1.07 bits per heavy atom. The minimum atomic E-state index is -0.394. The van der Waals surface area contributed by atoms with Gasteiger partial charge < -0.3 is 9.80 Å². The number of para-hydroxylation sites is 2. The van der Waals surface area contributed by atoms with Gasteiger partial charge in [-0.15, -0.1) is 11.3 Å². The van der Waals surface area contributed by atoms with Crippen LogP contribution in [0.5, 0.6) is 0 Å². The lowest BCUT2D eigenvalue weighted by atomic mass is 10.1. The largest absolute Gasteiger partial charge is 0.362 e. The second kappa shape index (κ2) is 8.49. The minimum absolute atomic E-state index is 0.0671. The van der Waals surface area contributed by atoms with E-state index in [1.807, 2.05) is 4.90 Å². The van der Waals surface area contributed by atoms with Crippen molar-refractivity contribution in [2.75, 3.05) is 31.1 Å². The van der Waals surface area contributed by atoms with Crippen LogP contribution in [0.2, 0.25) is 4.34 Å². The van der Waals surface area contributed by atoms with Crippen LogP contribution in [0.25, 0.3) is 0 Å². The molecule has 0 N–H and O–H groups in total. The van der Waals surface area contributed by atoms with Gasteiger partial charge in [-0.1, -0.05) is 23.7 Å². The lowest BCUT2D eigenvalue weighted by Crippen LogP contribution is -2.49. The molecule has 27 heavy (non-hydrogen) atoms. The van der Waals surface area contributed by atoms with Crippen LogP contribution in [0, 0.1) is 10.1 Å². The van der Waals surface area contributed by atoms with Crippen molar-refractivity contribution in [1.82, 2.24) is 4.90 Å². The predicted octanol–water partition coefficient (Wildman–Crippen LogP) is 3.62. The molecule has 142 valence electrons. The third-order valence-corrected chi connectivity index (χ3v) is 5.74. The van der Waals surface area contributed by atoms with Crippen molar-refractivity contribution >= 4 is 46.0 Å². The van der Waals surface area contributed by atoms with Crippen LogP contribution in [0.1, 0.15) is 22.5 Å². The topological polar surface area (TPSA) is 83.8 Å². The second-order valence-corrected chi connectivity index (χ2v) is 7.86. The average Bonchev–Trinajstić information content (AvgIpc) is 3.12. The highest BCUT2D eigenvalue weighted by atomic mass is 35.5. The van der Waals surface area contributed by atoms with Crippen molar-refractivity contribution in [2.45, 2.75) is 12.8 Å². The average molecular weight is 408 g/mol. The lowest BCUT2D eigenvalue weighted by Gasteiger charge is -2.35. The molecule has 0 bridgehead atoms.